The highest BCUT2D eigenvalue weighted by atomic mass is 32.2. The number of carboxylic acid groups (broad SMARTS) is 1. The number of unbranched alkanes of at least 4 members (excludes halogenated alkanes) is 3. The number of benzene rings is 1. The molecule has 0 aliphatic carbocycles. The van der Waals surface area contributed by atoms with Gasteiger partial charge in [-0.15, -0.1) is 0 Å². The summed E-state index contributed by atoms with van der Waals surface area (Å²) in [6.45, 7) is 2.42. The van der Waals surface area contributed by atoms with Crippen LogP contribution >= 0.6 is 0 Å². The molecule has 0 amide bonds. The van der Waals surface area contributed by atoms with Gasteiger partial charge in [-0.25, -0.2) is 13.1 Å². The van der Waals surface area contributed by atoms with Gasteiger partial charge in [-0.05, 0) is 43.4 Å². The monoisotopic (exact) mass is 356 g/mol. The van der Waals surface area contributed by atoms with Crippen molar-refractivity contribution in [3.8, 4) is 0 Å². The summed E-state index contributed by atoms with van der Waals surface area (Å²) in [5.41, 5.74) is 6.54. The molecule has 1 aromatic carbocycles. The molecule has 1 aromatic rings. The Morgan fingerprint density at radius 1 is 1.17 bits per heavy atom. The normalized spacial score (nSPS) is 12.9. The lowest BCUT2D eigenvalue weighted by Gasteiger charge is -2.09. The van der Waals surface area contributed by atoms with Crippen LogP contribution in [0.1, 0.15) is 51.0 Å². The maximum Gasteiger partial charge on any atom is 0.320 e. The Kier molecular flexibility index (Phi) is 8.95. The van der Waals surface area contributed by atoms with E-state index < -0.39 is 22.0 Å². The van der Waals surface area contributed by atoms with Crippen molar-refractivity contribution in [3.05, 3.63) is 29.8 Å². The molecule has 0 saturated carbocycles. The van der Waals surface area contributed by atoms with E-state index in [1.54, 1.807) is 12.1 Å². The lowest BCUT2D eigenvalue weighted by molar-refractivity contribution is -0.138. The first-order chi connectivity index (χ1) is 11.4. The summed E-state index contributed by atoms with van der Waals surface area (Å²) in [7, 11) is -3.52. The molecule has 24 heavy (non-hydrogen) atoms. The van der Waals surface area contributed by atoms with E-state index in [0.29, 0.717) is 19.3 Å². The molecule has 4 N–H and O–H groups in total. The van der Waals surface area contributed by atoms with Gasteiger partial charge in [0.1, 0.15) is 6.04 Å². The number of hydrogen-bond donors (Lipinski definition) is 3. The van der Waals surface area contributed by atoms with Gasteiger partial charge in [0, 0.05) is 6.54 Å². The molecule has 0 aliphatic heterocycles. The van der Waals surface area contributed by atoms with E-state index in [0.717, 1.165) is 24.8 Å². The van der Waals surface area contributed by atoms with Crippen LogP contribution < -0.4 is 10.5 Å². The fourth-order valence-electron chi connectivity index (χ4n) is 2.32. The molecule has 0 heterocycles. The number of carboxylic acids is 1. The van der Waals surface area contributed by atoms with Crippen LogP contribution in [-0.2, 0) is 21.2 Å². The molecule has 0 fully saturated rings. The lowest BCUT2D eigenvalue weighted by Crippen LogP contribution is -2.30. The van der Waals surface area contributed by atoms with Gasteiger partial charge >= 0.3 is 5.97 Å². The van der Waals surface area contributed by atoms with Crippen molar-refractivity contribution in [3.63, 3.8) is 0 Å². The van der Waals surface area contributed by atoms with Gasteiger partial charge in [-0.3, -0.25) is 4.79 Å². The van der Waals surface area contributed by atoms with Crippen LogP contribution in [0, 0.1) is 0 Å². The molecule has 1 atom stereocenters. The SMILES string of the molecule is CCCCCc1ccc(S(=O)(=O)NCCCC[C@H](N)C(=O)O)cc1. The highest BCUT2D eigenvalue weighted by Crippen LogP contribution is 2.13. The minimum absolute atomic E-state index is 0.254. The number of nitrogens with two attached hydrogens (primary N) is 1. The zero-order chi connectivity index (χ0) is 18.0. The summed E-state index contributed by atoms with van der Waals surface area (Å²) < 4.78 is 26.9. The molecular weight excluding hydrogens is 328 g/mol. The van der Waals surface area contributed by atoms with Crippen molar-refractivity contribution < 1.29 is 18.3 Å². The number of carbonyl (C=O) groups is 1. The second-order valence-corrected chi connectivity index (χ2v) is 7.71. The average Bonchev–Trinajstić information content (AvgIpc) is 2.55. The molecule has 6 nitrogen and oxygen atoms in total. The fraction of sp³-hybridized carbons (Fsp3) is 0.588. The number of sulfonamides is 1. The molecule has 7 heteroatoms. The number of aliphatic carboxylic acids is 1. The van der Waals surface area contributed by atoms with Crippen molar-refractivity contribution >= 4 is 16.0 Å². The van der Waals surface area contributed by atoms with Crippen LogP contribution in [0.2, 0.25) is 0 Å². The molecule has 136 valence electrons. The topological polar surface area (TPSA) is 109 Å². The Labute approximate surface area is 144 Å². The fourth-order valence-corrected chi connectivity index (χ4v) is 3.39. The molecule has 1 rings (SSSR count). The Hall–Kier alpha value is -1.44. The van der Waals surface area contributed by atoms with Crippen molar-refractivity contribution in [1.82, 2.24) is 4.72 Å². The van der Waals surface area contributed by atoms with E-state index in [1.165, 1.54) is 6.42 Å². The Balaban J connectivity index is 2.40. The van der Waals surface area contributed by atoms with Gasteiger partial charge in [0.05, 0.1) is 4.90 Å². The minimum Gasteiger partial charge on any atom is -0.480 e. The smallest absolute Gasteiger partial charge is 0.320 e. The zero-order valence-electron chi connectivity index (χ0n) is 14.2. The third kappa shape index (κ3) is 7.42. The first-order valence-electron chi connectivity index (χ1n) is 8.44. The molecule has 0 radical (unpaired) electrons. The molecule has 0 saturated heterocycles. The summed E-state index contributed by atoms with van der Waals surface area (Å²) in [5, 5.41) is 8.67. The van der Waals surface area contributed by atoms with Crippen molar-refractivity contribution in [1.29, 1.82) is 0 Å². The Bertz CT molecular complexity index is 600. The van der Waals surface area contributed by atoms with E-state index in [-0.39, 0.29) is 11.4 Å². The van der Waals surface area contributed by atoms with Gasteiger partial charge in [0.15, 0.2) is 0 Å². The van der Waals surface area contributed by atoms with E-state index in [4.69, 9.17) is 10.8 Å². The number of nitrogens with one attached hydrogen (secondary N) is 1. The van der Waals surface area contributed by atoms with Crippen LogP contribution in [0.4, 0.5) is 0 Å². The van der Waals surface area contributed by atoms with Crippen LogP contribution in [0.25, 0.3) is 0 Å². The minimum atomic E-state index is -3.52. The number of rotatable bonds is 12. The summed E-state index contributed by atoms with van der Waals surface area (Å²) >= 11 is 0. The Morgan fingerprint density at radius 3 is 2.42 bits per heavy atom. The Morgan fingerprint density at radius 2 is 1.83 bits per heavy atom. The maximum absolute atomic E-state index is 12.2. The van der Waals surface area contributed by atoms with Crippen LogP contribution in [0.3, 0.4) is 0 Å². The van der Waals surface area contributed by atoms with Gasteiger partial charge in [0.2, 0.25) is 10.0 Å². The molecule has 0 unspecified atom stereocenters. The van der Waals surface area contributed by atoms with Gasteiger partial charge in [-0.1, -0.05) is 38.3 Å². The van der Waals surface area contributed by atoms with Crippen LogP contribution in [0.15, 0.2) is 29.2 Å². The largest absolute Gasteiger partial charge is 0.480 e. The highest BCUT2D eigenvalue weighted by Gasteiger charge is 2.14. The van der Waals surface area contributed by atoms with E-state index in [9.17, 15) is 13.2 Å². The molecule has 0 aromatic heterocycles. The van der Waals surface area contributed by atoms with Crippen molar-refractivity contribution in [2.75, 3.05) is 6.54 Å². The van der Waals surface area contributed by atoms with Gasteiger partial charge in [0.25, 0.3) is 0 Å². The van der Waals surface area contributed by atoms with Crippen LogP contribution in [-0.4, -0.2) is 32.1 Å². The summed E-state index contributed by atoms with van der Waals surface area (Å²) in [4.78, 5) is 10.8. The summed E-state index contributed by atoms with van der Waals surface area (Å²) in [5.74, 6) is -1.03. The third-order valence-corrected chi connectivity index (χ3v) is 5.33. The lowest BCUT2D eigenvalue weighted by atomic mass is 10.1. The van der Waals surface area contributed by atoms with Crippen molar-refractivity contribution in [2.24, 2.45) is 5.73 Å². The standard InChI is InChI=1S/C17H28N2O4S/c1-2-3-4-7-14-9-11-15(12-10-14)24(22,23)19-13-6-5-8-16(18)17(20)21/h9-12,16,19H,2-8,13,18H2,1H3,(H,20,21)/t16-/m0/s1. The second kappa shape index (κ2) is 10.4. The van der Waals surface area contributed by atoms with Gasteiger partial charge in [-0.2, -0.15) is 0 Å². The average molecular weight is 356 g/mol. The predicted molar refractivity (Wildman–Crippen MR) is 94.3 cm³/mol. The molecule has 0 aliphatic rings. The third-order valence-electron chi connectivity index (χ3n) is 3.85. The highest BCUT2D eigenvalue weighted by molar-refractivity contribution is 7.89. The molecular formula is C17H28N2O4S. The maximum atomic E-state index is 12.2. The quantitative estimate of drug-likeness (QED) is 0.498. The van der Waals surface area contributed by atoms with Crippen LogP contribution in [0.5, 0.6) is 0 Å². The molecule has 0 spiro atoms. The predicted octanol–water partition coefficient (Wildman–Crippen LogP) is 2.28. The summed E-state index contributed by atoms with van der Waals surface area (Å²) in [6, 6.07) is 6.09. The number of aryl methyl sites for hydroxylation is 1. The zero-order valence-corrected chi connectivity index (χ0v) is 15.0. The van der Waals surface area contributed by atoms with E-state index >= 15 is 0 Å². The van der Waals surface area contributed by atoms with Crippen molar-refractivity contribution in [2.45, 2.75) is 62.8 Å². The number of hydrogen-bond acceptors (Lipinski definition) is 4. The van der Waals surface area contributed by atoms with Gasteiger partial charge < -0.3 is 10.8 Å². The first-order valence-corrected chi connectivity index (χ1v) is 9.92. The van der Waals surface area contributed by atoms with E-state index in [1.807, 2.05) is 12.1 Å². The second-order valence-electron chi connectivity index (χ2n) is 5.94. The molecule has 0 bridgehead atoms. The first kappa shape index (κ1) is 20.6. The van der Waals surface area contributed by atoms with E-state index in [2.05, 4.69) is 11.6 Å². The summed E-state index contributed by atoms with van der Waals surface area (Å²) in [6.07, 6.45) is 5.86.